The van der Waals surface area contributed by atoms with Crippen molar-refractivity contribution in [2.45, 2.75) is 13.5 Å². The second-order valence-electron chi connectivity index (χ2n) is 3.05. The molecule has 0 saturated heterocycles. The highest BCUT2D eigenvalue weighted by atomic mass is 32.1. The normalized spacial score (nSPS) is 10.1. The molecule has 0 amide bonds. The SMILES string of the molecule is Cc1ccnc(NCc2cscn2)c1. The van der Waals surface area contributed by atoms with Gasteiger partial charge in [-0.05, 0) is 24.6 Å². The molecule has 2 heterocycles. The number of rotatable bonds is 3. The number of aromatic nitrogens is 2. The van der Waals surface area contributed by atoms with Gasteiger partial charge in [0.1, 0.15) is 5.82 Å². The van der Waals surface area contributed by atoms with Crippen LogP contribution in [-0.4, -0.2) is 9.97 Å². The van der Waals surface area contributed by atoms with E-state index in [0.29, 0.717) is 0 Å². The van der Waals surface area contributed by atoms with Crippen molar-refractivity contribution in [2.75, 3.05) is 5.32 Å². The Kier molecular flexibility index (Phi) is 2.74. The first-order chi connectivity index (χ1) is 6.84. The Bertz CT molecular complexity index is 398. The third-order valence-corrected chi connectivity index (χ3v) is 2.48. The van der Waals surface area contributed by atoms with Crippen molar-refractivity contribution in [1.29, 1.82) is 0 Å². The van der Waals surface area contributed by atoms with E-state index in [4.69, 9.17) is 0 Å². The van der Waals surface area contributed by atoms with Gasteiger partial charge in [-0.1, -0.05) is 0 Å². The lowest BCUT2D eigenvalue weighted by Gasteiger charge is -2.03. The quantitative estimate of drug-likeness (QED) is 0.836. The highest BCUT2D eigenvalue weighted by Crippen LogP contribution is 2.08. The smallest absolute Gasteiger partial charge is 0.126 e. The number of hydrogen-bond donors (Lipinski definition) is 1. The van der Waals surface area contributed by atoms with Crippen LogP contribution in [0.3, 0.4) is 0 Å². The Hall–Kier alpha value is -1.42. The van der Waals surface area contributed by atoms with Crippen molar-refractivity contribution in [3.8, 4) is 0 Å². The molecule has 0 fully saturated rings. The molecule has 0 unspecified atom stereocenters. The van der Waals surface area contributed by atoms with E-state index in [1.54, 1.807) is 17.5 Å². The number of pyridine rings is 1. The van der Waals surface area contributed by atoms with Gasteiger partial charge in [0.2, 0.25) is 0 Å². The fraction of sp³-hybridized carbons (Fsp3) is 0.200. The van der Waals surface area contributed by atoms with Gasteiger partial charge in [0.15, 0.2) is 0 Å². The lowest BCUT2D eigenvalue weighted by atomic mass is 10.3. The van der Waals surface area contributed by atoms with Crippen molar-refractivity contribution in [1.82, 2.24) is 9.97 Å². The van der Waals surface area contributed by atoms with Crippen LogP contribution < -0.4 is 5.32 Å². The Morgan fingerprint density at radius 2 is 2.36 bits per heavy atom. The summed E-state index contributed by atoms with van der Waals surface area (Å²) >= 11 is 1.61. The predicted molar refractivity (Wildman–Crippen MR) is 58.4 cm³/mol. The largest absolute Gasteiger partial charge is 0.364 e. The van der Waals surface area contributed by atoms with Gasteiger partial charge in [0.05, 0.1) is 17.7 Å². The molecule has 72 valence electrons. The average molecular weight is 205 g/mol. The summed E-state index contributed by atoms with van der Waals surface area (Å²) in [7, 11) is 0. The van der Waals surface area contributed by atoms with Gasteiger partial charge in [-0.2, -0.15) is 0 Å². The molecule has 14 heavy (non-hydrogen) atoms. The van der Waals surface area contributed by atoms with Crippen molar-refractivity contribution in [2.24, 2.45) is 0 Å². The zero-order valence-corrected chi connectivity index (χ0v) is 8.71. The molecule has 4 heteroatoms. The van der Waals surface area contributed by atoms with Crippen LogP contribution in [-0.2, 0) is 6.54 Å². The lowest BCUT2D eigenvalue weighted by molar-refractivity contribution is 1.05. The Morgan fingerprint density at radius 1 is 1.43 bits per heavy atom. The van der Waals surface area contributed by atoms with Crippen LogP contribution in [0.5, 0.6) is 0 Å². The Labute approximate surface area is 86.8 Å². The summed E-state index contributed by atoms with van der Waals surface area (Å²) in [6, 6.07) is 4.00. The minimum Gasteiger partial charge on any atom is -0.364 e. The Balaban J connectivity index is 1.98. The molecule has 0 bridgehead atoms. The number of nitrogens with zero attached hydrogens (tertiary/aromatic N) is 2. The maximum atomic E-state index is 4.20. The van der Waals surface area contributed by atoms with E-state index in [1.807, 2.05) is 23.0 Å². The van der Waals surface area contributed by atoms with Gasteiger partial charge in [-0.3, -0.25) is 0 Å². The van der Waals surface area contributed by atoms with Crippen LogP contribution in [0.15, 0.2) is 29.2 Å². The first-order valence-electron chi connectivity index (χ1n) is 4.38. The molecule has 0 aliphatic rings. The highest BCUT2D eigenvalue weighted by molar-refractivity contribution is 7.07. The van der Waals surface area contributed by atoms with Crippen LogP contribution in [0.25, 0.3) is 0 Å². The second-order valence-corrected chi connectivity index (χ2v) is 3.77. The van der Waals surface area contributed by atoms with E-state index in [1.165, 1.54) is 5.56 Å². The minimum atomic E-state index is 0.736. The molecule has 2 aromatic rings. The van der Waals surface area contributed by atoms with E-state index < -0.39 is 0 Å². The maximum Gasteiger partial charge on any atom is 0.126 e. The number of thiazole rings is 1. The monoisotopic (exact) mass is 205 g/mol. The molecule has 2 rings (SSSR count). The maximum absolute atomic E-state index is 4.20. The minimum absolute atomic E-state index is 0.736. The number of aryl methyl sites for hydroxylation is 1. The van der Waals surface area contributed by atoms with Crippen LogP contribution in [0, 0.1) is 6.92 Å². The zero-order chi connectivity index (χ0) is 9.80. The van der Waals surface area contributed by atoms with Crippen molar-refractivity contribution >= 4 is 17.2 Å². The number of nitrogens with one attached hydrogen (secondary N) is 1. The fourth-order valence-corrected chi connectivity index (χ4v) is 1.70. The third-order valence-electron chi connectivity index (χ3n) is 1.85. The average Bonchev–Trinajstić information content (AvgIpc) is 2.67. The van der Waals surface area contributed by atoms with Crippen LogP contribution in [0.4, 0.5) is 5.82 Å². The van der Waals surface area contributed by atoms with Crippen molar-refractivity contribution in [3.63, 3.8) is 0 Å². The van der Waals surface area contributed by atoms with E-state index in [0.717, 1.165) is 18.1 Å². The van der Waals surface area contributed by atoms with E-state index in [-0.39, 0.29) is 0 Å². The predicted octanol–water partition coefficient (Wildman–Crippen LogP) is 2.46. The second kappa shape index (κ2) is 4.19. The van der Waals surface area contributed by atoms with Gasteiger partial charge in [-0.25, -0.2) is 9.97 Å². The van der Waals surface area contributed by atoms with Crippen molar-refractivity contribution < 1.29 is 0 Å². The molecule has 0 atom stereocenters. The van der Waals surface area contributed by atoms with Gasteiger partial charge in [0, 0.05) is 11.6 Å². The van der Waals surface area contributed by atoms with Crippen LogP contribution in [0.2, 0.25) is 0 Å². The molecule has 0 aromatic carbocycles. The van der Waals surface area contributed by atoms with Crippen LogP contribution >= 0.6 is 11.3 Å². The third kappa shape index (κ3) is 2.29. The first-order valence-corrected chi connectivity index (χ1v) is 5.32. The summed E-state index contributed by atoms with van der Waals surface area (Å²) in [4.78, 5) is 8.39. The molecule has 2 aromatic heterocycles. The standard InChI is InChI=1S/C10H11N3S/c1-8-2-3-11-10(4-8)12-5-9-6-14-7-13-9/h2-4,6-7H,5H2,1H3,(H,11,12). The summed E-state index contributed by atoms with van der Waals surface area (Å²) in [5.41, 5.74) is 4.10. The highest BCUT2D eigenvalue weighted by Gasteiger charge is 1.96. The zero-order valence-electron chi connectivity index (χ0n) is 7.90. The topological polar surface area (TPSA) is 37.8 Å². The number of anilines is 1. The fourth-order valence-electron chi connectivity index (χ4n) is 1.14. The molecule has 3 nitrogen and oxygen atoms in total. The number of hydrogen-bond acceptors (Lipinski definition) is 4. The van der Waals surface area contributed by atoms with Gasteiger partial charge in [0.25, 0.3) is 0 Å². The molecular weight excluding hydrogens is 194 g/mol. The van der Waals surface area contributed by atoms with Gasteiger partial charge >= 0.3 is 0 Å². The molecular formula is C10H11N3S. The molecule has 0 aliphatic heterocycles. The summed E-state index contributed by atoms with van der Waals surface area (Å²) in [6.45, 7) is 2.79. The molecule has 1 N–H and O–H groups in total. The van der Waals surface area contributed by atoms with Crippen molar-refractivity contribution in [3.05, 3.63) is 40.5 Å². The first kappa shape index (κ1) is 9.15. The summed E-state index contributed by atoms with van der Waals surface area (Å²) in [6.07, 6.45) is 1.80. The summed E-state index contributed by atoms with van der Waals surface area (Å²) in [5.74, 6) is 0.901. The van der Waals surface area contributed by atoms with Gasteiger partial charge in [-0.15, -0.1) is 11.3 Å². The van der Waals surface area contributed by atoms with E-state index >= 15 is 0 Å². The molecule has 0 spiro atoms. The Morgan fingerprint density at radius 3 is 3.07 bits per heavy atom. The van der Waals surface area contributed by atoms with Crippen LogP contribution in [0.1, 0.15) is 11.3 Å². The van der Waals surface area contributed by atoms with E-state index in [9.17, 15) is 0 Å². The molecule has 0 aliphatic carbocycles. The summed E-state index contributed by atoms with van der Waals surface area (Å²) in [5, 5.41) is 5.25. The molecule has 0 saturated carbocycles. The summed E-state index contributed by atoms with van der Waals surface area (Å²) < 4.78 is 0. The lowest BCUT2D eigenvalue weighted by Crippen LogP contribution is -2.01. The van der Waals surface area contributed by atoms with Gasteiger partial charge < -0.3 is 5.32 Å². The van der Waals surface area contributed by atoms with E-state index in [2.05, 4.69) is 22.2 Å². The molecule has 0 radical (unpaired) electrons.